The minimum absolute atomic E-state index is 0.402. The lowest BCUT2D eigenvalue weighted by Gasteiger charge is -2.02. The normalized spacial score (nSPS) is 10.3. The van der Waals surface area contributed by atoms with E-state index in [2.05, 4.69) is 25.4 Å². The molecule has 0 fully saturated rings. The molecule has 0 aliphatic carbocycles. The highest BCUT2D eigenvalue weighted by Crippen LogP contribution is 2.02. The summed E-state index contributed by atoms with van der Waals surface area (Å²) >= 11 is 0. The van der Waals surface area contributed by atoms with Gasteiger partial charge in [-0.05, 0) is 0 Å². The Kier molecular flexibility index (Phi) is 2.95. The number of hydrogen-bond acceptors (Lipinski definition) is 7. The fourth-order valence-corrected chi connectivity index (χ4v) is 1.17. The number of nitrogens with zero attached hydrogens (tertiary/aromatic N) is 4. The van der Waals surface area contributed by atoms with Crippen LogP contribution in [0.2, 0.25) is 0 Å². The van der Waals surface area contributed by atoms with Crippen LogP contribution in [0.15, 0.2) is 16.9 Å². The van der Waals surface area contributed by atoms with Crippen LogP contribution in [0.3, 0.4) is 0 Å². The third kappa shape index (κ3) is 2.66. The number of aryl methyl sites for hydroxylation is 1. The van der Waals surface area contributed by atoms with E-state index in [4.69, 9.17) is 10.3 Å². The van der Waals surface area contributed by atoms with Crippen LogP contribution < -0.4 is 11.1 Å². The van der Waals surface area contributed by atoms with Gasteiger partial charge >= 0.3 is 0 Å². The van der Waals surface area contributed by atoms with Gasteiger partial charge in [0.2, 0.25) is 5.89 Å². The van der Waals surface area contributed by atoms with E-state index in [1.165, 1.54) is 6.20 Å². The third-order valence-corrected chi connectivity index (χ3v) is 1.90. The molecule has 0 bridgehead atoms. The van der Waals surface area contributed by atoms with E-state index < -0.39 is 0 Å². The molecule has 0 atom stereocenters. The van der Waals surface area contributed by atoms with Crippen molar-refractivity contribution in [3.8, 4) is 0 Å². The number of hydrogen-bond donors (Lipinski definition) is 2. The third-order valence-electron chi connectivity index (χ3n) is 1.90. The van der Waals surface area contributed by atoms with Crippen LogP contribution in [0, 0.1) is 6.92 Å². The lowest BCUT2D eigenvalue weighted by atomic mass is 10.4. The molecule has 0 radical (unpaired) electrons. The van der Waals surface area contributed by atoms with Gasteiger partial charge in [0, 0.05) is 19.9 Å². The molecule has 0 aliphatic rings. The molecule has 0 saturated heterocycles. The van der Waals surface area contributed by atoms with Crippen molar-refractivity contribution in [1.29, 1.82) is 0 Å². The summed E-state index contributed by atoms with van der Waals surface area (Å²) in [5, 5.41) is 6.86. The lowest BCUT2D eigenvalue weighted by molar-refractivity contribution is 0.387. The van der Waals surface area contributed by atoms with E-state index in [0.29, 0.717) is 36.3 Å². The molecule has 3 N–H and O–H groups in total. The zero-order valence-corrected chi connectivity index (χ0v) is 8.84. The molecule has 2 aromatic rings. The minimum atomic E-state index is 0.402. The summed E-state index contributed by atoms with van der Waals surface area (Å²) in [5.41, 5.74) is 5.42. The number of anilines is 2. The summed E-state index contributed by atoms with van der Waals surface area (Å²) in [5.74, 6) is 2.32. The van der Waals surface area contributed by atoms with Crippen LogP contribution >= 0.6 is 0 Å². The first-order valence-electron chi connectivity index (χ1n) is 4.84. The molecular formula is C9H12N6O. The summed E-state index contributed by atoms with van der Waals surface area (Å²) < 4.78 is 4.85. The maximum Gasteiger partial charge on any atom is 0.223 e. The number of nitrogens with one attached hydrogen (secondary N) is 1. The molecule has 0 unspecified atom stereocenters. The Hall–Kier alpha value is -2.18. The standard InChI is InChI=1S/C9H12N6O/c1-6-14-8(15-16-6)2-3-11-9-5-12-7(10)4-13-9/h4-5H,2-3H2,1H3,(H2,10,12)(H,11,13). The van der Waals surface area contributed by atoms with Gasteiger partial charge < -0.3 is 15.6 Å². The van der Waals surface area contributed by atoms with Crippen LogP contribution in [0.1, 0.15) is 11.7 Å². The van der Waals surface area contributed by atoms with Gasteiger partial charge in [0.25, 0.3) is 0 Å². The van der Waals surface area contributed by atoms with Gasteiger partial charge in [-0.1, -0.05) is 5.16 Å². The Morgan fingerprint density at radius 1 is 1.38 bits per heavy atom. The Bertz CT molecular complexity index is 451. The molecule has 7 heteroatoms. The van der Waals surface area contributed by atoms with E-state index in [0.717, 1.165) is 0 Å². The Labute approximate surface area is 92.1 Å². The highest BCUT2D eigenvalue weighted by molar-refractivity contribution is 5.35. The fraction of sp³-hybridized carbons (Fsp3) is 0.333. The van der Waals surface area contributed by atoms with Crippen LogP contribution in [0.4, 0.5) is 11.6 Å². The maximum atomic E-state index is 5.42. The monoisotopic (exact) mass is 220 g/mol. The molecular weight excluding hydrogens is 208 g/mol. The van der Waals surface area contributed by atoms with Crippen molar-refractivity contribution in [2.45, 2.75) is 13.3 Å². The molecule has 84 valence electrons. The predicted molar refractivity (Wildman–Crippen MR) is 57.7 cm³/mol. The summed E-state index contributed by atoms with van der Waals surface area (Å²) in [6.45, 7) is 2.42. The smallest absolute Gasteiger partial charge is 0.223 e. The largest absolute Gasteiger partial charge is 0.382 e. The molecule has 7 nitrogen and oxygen atoms in total. The maximum absolute atomic E-state index is 5.42. The van der Waals surface area contributed by atoms with E-state index in [1.54, 1.807) is 13.1 Å². The highest BCUT2D eigenvalue weighted by atomic mass is 16.5. The van der Waals surface area contributed by atoms with Crippen molar-refractivity contribution >= 4 is 11.6 Å². The van der Waals surface area contributed by atoms with Gasteiger partial charge in [0.15, 0.2) is 5.82 Å². The molecule has 0 aliphatic heterocycles. The Morgan fingerprint density at radius 3 is 2.88 bits per heavy atom. The van der Waals surface area contributed by atoms with Crippen molar-refractivity contribution in [3.05, 3.63) is 24.1 Å². The van der Waals surface area contributed by atoms with Crippen molar-refractivity contribution in [2.75, 3.05) is 17.6 Å². The van der Waals surface area contributed by atoms with Gasteiger partial charge in [0.05, 0.1) is 12.4 Å². The molecule has 0 saturated carbocycles. The quantitative estimate of drug-likeness (QED) is 0.768. The molecule has 0 amide bonds. The van der Waals surface area contributed by atoms with Crippen LogP contribution in [-0.2, 0) is 6.42 Å². The molecule has 0 aromatic carbocycles. The summed E-state index contributed by atoms with van der Waals surface area (Å²) in [7, 11) is 0. The zero-order valence-electron chi connectivity index (χ0n) is 8.84. The molecule has 2 rings (SSSR count). The first kappa shape index (κ1) is 10.3. The van der Waals surface area contributed by atoms with E-state index >= 15 is 0 Å². The average molecular weight is 220 g/mol. The van der Waals surface area contributed by atoms with Gasteiger partial charge in [-0.15, -0.1) is 0 Å². The highest BCUT2D eigenvalue weighted by Gasteiger charge is 2.01. The predicted octanol–water partition coefficient (Wildman–Crippen LogP) is 0.405. The van der Waals surface area contributed by atoms with Gasteiger partial charge in [-0.2, -0.15) is 4.98 Å². The van der Waals surface area contributed by atoms with Gasteiger partial charge in [0.1, 0.15) is 11.6 Å². The second-order valence-electron chi connectivity index (χ2n) is 3.23. The van der Waals surface area contributed by atoms with E-state index in [-0.39, 0.29) is 0 Å². The van der Waals surface area contributed by atoms with Gasteiger partial charge in [-0.3, -0.25) is 0 Å². The van der Waals surface area contributed by atoms with E-state index in [1.807, 2.05) is 0 Å². The van der Waals surface area contributed by atoms with Crippen LogP contribution in [-0.4, -0.2) is 26.7 Å². The SMILES string of the molecule is Cc1nc(CCNc2cnc(N)cn2)no1. The Balaban J connectivity index is 1.82. The summed E-state index contributed by atoms with van der Waals surface area (Å²) in [6, 6.07) is 0. The molecule has 2 aromatic heterocycles. The Morgan fingerprint density at radius 2 is 2.25 bits per heavy atom. The van der Waals surface area contributed by atoms with Gasteiger partial charge in [-0.25, -0.2) is 9.97 Å². The number of aromatic nitrogens is 4. The fourth-order valence-electron chi connectivity index (χ4n) is 1.17. The number of nitrogens with two attached hydrogens (primary N) is 1. The topological polar surface area (TPSA) is 103 Å². The summed E-state index contributed by atoms with van der Waals surface area (Å²) in [4.78, 5) is 12.0. The van der Waals surface area contributed by atoms with Crippen molar-refractivity contribution in [3.63, 3.8) is 0 Å². The molecule has 16 heavy (non-hydrogen) atoms. The minimum Gasteiger partial charge on any atom is -0.382 e. The second kappa shape index (κ2) is 4.56. The van der Waals surface area contributed by atoms with Crippen molar-refractivity contribution < 1.29 is 4.52 Å². The second-order valence-corrected chi connectivity index (χ2v) is 3.23. The van der Waals surface area contributed by atoms with Crippen LogP contribution in [0.5, 0.6) is 0 Å². The first-order valence-corrected chi connectivity index (χ1v) is 4.84. The molecule has 2 heterocycles. The number of nitrogen functional groups attached to an aromatic ring is 1. The van der Waals surface area contributed by atoms with E-state index in [9.17, 15) is 0 Å². The zero-order chi connectivity index (χ0) is 11.4. The van der Waals surface area contributed by atoms with Crippen molar-refractivity contribution in [2.24, 2.45) is 0 Å². The molecule has 0 spiro atoms. The summed E-state index contributed by atoms with van der Waals surface area (Å²) in [6.07, 6.45) is 3.75. The van der Waals surface area contributed by atoms with Crippen molar-refractivity contribution in [1.82, 2.24) is 20.1 Å². The lowest BCUT2D eigenvalue weighted by Crippen LogP contribution is -2.07. The number of rotatable bonds is 4. The first-order chi connectivity index (χ1) is 7.74. The van der Waals surface area contributed by atoms with Crippen LogP contribution in [0.25, 0.3) is 0 Å². The average Bonchev–Trinajstić information content (AvgIpc) is 2.67.